The molecule has 0 aromatic heterocycles. The molecule has 0 aromatic rings. The van der Waals surface area contributed by atoms with Crippen molar-refractivity contribution in [3.63, 3.8) is 0 Å². The molecule has 1 N–H and O–H groups in total. The highest BCUT2D eigenvalue weighted by Gasteiger charge is 2.39. The van der Waals surface area contributed by atoms with Crippen molar-refractivity contribution in [3.05, 3.63) is 0 Å². The van der Waals surface area contributed by atoms with E-state index in [0.717, 1.165) is 25.4 Å². The predicted octanol–water partition coefficient (Wildman–Crippen LogP) is 3.58. The largest absolute Gasteiger partial charge is 0.337 e. The Bertz CT molecular complexity index is 366. The quantitative estimate of drug-likeness (QED) is 0.842. The highest BCUT2D eigenvalue weighted by atomic mass is 16.2. The van der Waals surface area contributed by atoms with E-state index in [2.05, 4.69) is 24.1 Å². The first kappa shape index (κ1) is 16.3. The lowest BCUT2D eigenvalue weighted by molar-refractivity contribution is -0.136. The van der Waals surface area contributed by atoms with Crippen molar-refractivity contribution >= 4 is 5.91 Å². The Kier molecular flexibility index (Phi) is 5.43. The maximum atomic E-state index is 13.0. The first-order chi connectivity index (χ1) is 10.6. The molecule has 0 bridgehead atoms. The van der Waals surface area contributed by atoms with Gasteiger partial charge >= 0.3 is 0 Å². The van der Waals surface area contributed by atoms with Crippen LogP contribution in [0.2, 0.25) is 0 Å². The van der Waals surface area contributed by atoms with Gasteiger partial charge in [0.15, 0.2) is 0 Å². The number of nitrogens with one attached hydrogen (secondary N) is 1. The molecule has 3 nitrogen and oxygen atoms in total. The molecule has 126 valence electrons. The molecule has 0 radical (unpaired) electrons. The molecule has 1 heterocycles. The summed E-state index contributed by atoms with van der Waals surface area (Å²) in [4.78, 5) is 15.3. The van der Waals surface area contributed by atoms with Gasteiger partial charge in [0.25, 0.3) is 0 Å². The van der Waals surface area contributed by atoms with E-state index in [-0.39, 0.29) is 0 Å². The molecule has 2 unspecified atom stereocenters. The van der Waals surface area contributed by atoms with E-state index >= 15 is 0 Å². The number of hydrogen-bond acceptors (Lipinski definition) is 2. The highest BCUT2D eigenvalue weighted by molar-refractivity contribution is 5.77. The van der Waals surface area contributed by atoms with Crippen LogP contribution >= 0.6 is 0 Å². The maximum Gasteiger partial charge on any atom is 0.223 e. The zero-order valence-electron chi connectivity index (χ0n) is 14.5. The Labute approximate surface area is 136 Å². The van der Waals surface area contributed by atoms with Crippen LogP contribution in [0, 0.1) is 17.8 Å². The van der Waals surface area contributed by atoms with Gasteiger partial charge in [-0.3, -0.25) is 4.79 Å². The van der Waals surface area contributed by atoms with Gasteiger partial charge in [0.2, 0.25) is 5.91 Å². The molecule has 3 fully saturated rings. The van der Waals surface area contributed by atoms with Crippen LogP contribution in [0.15, 0.2) is 0 Å². The summed E-state index contributed by atoms with van der Waals surface area (Å²) in [6.07, 6.45) is 10.9. The zero-order chi connectivity index (χ0) is 15.5. The molecule has 3 heteroatoms. The number of carbonyl (C=O) groups is 1. The Balaban J connectivity index is 1.55. The van der Waals surface area contributed by atoms with Crippen LogP contribution in [-0.4, -0.2) is 36.0 Å². The van der Waals surface area contributed by atoms with Crippen LogP contribution in [0.3, 0.4) is 0 Å². The number of carbonyl (C=O) groups excluding carboxylic acids is 1. The Morgan fingerprint density at radius 2 is 1.73 bits per heavy atom. The molecular formula is C19H34N2O. The molecular weight excluding hydrogens is 272 g/mol. The molecule has 2 atom stereocenters. The lowest BCUT2D eigenvalue weighted by atomic mass is 9.84. The third-order valence-corrected chi connectivity index (χ3v) is 6.24. The van der Waals surface area contributed by atoms with Crippen molar-refractivity contribution in [2.45, 2.75) is 83.7 Å². The zero-order valence-corrected chi connectivity index (χ0v) is 14.5. The minimum atomic E-state index is 0.458. The van der Waals surface area contributed by atoms with Gasteiger partial charge in [-0.25, -0.2) is 0 Å². The van der Waals surface area contributed by atoms with Gasteiger partial charge in [0.05, 0.1) is 0 Å². The van der Waals surface area contributed by atoms with Gasteiger partial charge in [-0.05, 0) is 82.2 Å². The van der Waals surface area contributed by atoms with Crippen molar-refractivity contribution < 1.29 is 4.79 Å². The first-order valence-corrected chi connectivity index (χ1v) is 9.67. The van der Waals surface area contributed by atoms with Crippen molar-refractivity contribution in [1.29, 1.82) is 0 Å². The average Bonchev–Trinajstić information content (AvgIpc) is 3.35. The minimum Gasteiger partial charge on any atom is -0.337 e. The highest BCUT2D eigenvalue weighted by Crippen LogP contribution is 2.36. The van der Waals surface area contributed by atoms with E-state index in [9.17, 15) is 4.79 Å². The van der Waals surface area contributed by atoms with E-state index in [0.29, 0.717) is 29.8 Å². The Morgan fingerprint density at radius 1 is 1.09 bits per heavy atom. The topological polar surface area (TPSA) is 32.3 Å². The summed E-state index contributed by atoms with van der Waals surface area (Å²) < 4.78 is 0. The van der Waals surface area contributed by atoms with Gasteiger partial charge in [0, 0.05) is 18.5 Å². The van der Waals surface area contributed by atoms with E-state index in [1.54, 1.807) is 0 Å². The third kappa shape index (κ3) is 4.04. The number of piperidine rings is 1. The van der Waals surface area contributed by atoms with Crippen LogP contribution < -0.4 is 5.32 Å². The second-order valence-electron chi connectivity index (χ2n) is 8.23. The summed E-state index contributed by atoms with van der Waals surface area (Å²) in [7, 11) is 0. The van der Waals surface area contributed by atoms with Crippen molar-refractivity contribution in [2.24, 2.45) is 17.8 Å². The molecule has 1 amide bonds. The summed E-state index contributed by atoms with van der Waals surface area (Å²) >= 11 is 0. The number of rotatable bonds is 5. The van der Waals surface area contributed by atoms with Crippen LogP contribution in [-0.2, 0) is 4.79 Å². The van der Waals surface area contributed by atoms with E-state index in [1.807, 2.05) is 0 Å². The standard InChI is InChI=1S/C19H34N2O/c1-14-5-7-17(8-6-14)21(18-9-10-18)19(22)12-15(2)16-4-3-11-20-13-16/h14-18,20H,3-13H2,1-2H3. The Hall–Kier alpha value is -0.570. The fourth-order valence-electron chi connectivity index (χ4n) is 4.49. The van der Waals surface area contributed by atoms with E-state index in [1.165, 1.54) is 51.4 Å². The fraction of sp³-hybridized carbons (Fsp3) is 0.947. The summed E-state index contributed by atoms with van der Waals surface area (Å²) in [6.45, 7) is 6.92. The lowest BCUT2D eigenvalue weighted by Gasteiger charge is -2.38. The van der Waals surface area contributed by atoms with Crippen LogP contribution in [0.1, 0.15) is 71.6 Å². The first-order valence-electron chi connectivity index (χ1n) is 9.67. The molecule has 0 spiro atoms. The number of nitrogens with zero attached hydrogens (tertiary/aromatic N) is 1. The summed E-state index contributed by atoms with van der Waals surface area (Å²) in [5.41, 5.74) is 0. The second kappa shape index (κ2) is 7.33. The van der Waals surface area contributed by atoms with Gasteiger partial charge in [-0.1, -0.05) is 13.8 Å². The summed E-state index contributed by atoms with van der Waals surface area (Å²) in [6, 6.07) is 1.13. The molecule has 1 saturated heterocycles. The van der Waals surface area contributed by atoms with Crippen molar-refractivity contribution in [1.82, 2.24) is 10.2 Å². The van der Waals surface area contributed by atoms with Crippen LogP contribution in [0.4, 0.5) is 0 Å². The molecule has 2 saturated carbocycles. The van der Waals surface area contributed by atoms with Gasteiger partial charge in [-0.2, -0.15) is 0 Å². The smallest absolute Gasteiger partial charge is 0.223 e. The van der Waals surface area contributed by atoms with Gasteiger partial charge in [-0.15, -0.1) is 0 Å². The molecule has 2 aliphatic carbocycles. The van der Waals surface area contributed by atoms with Gasteiger partial charge < -0.3 is 10.2 Å². The molecule has 1 aliphatic heterocycles. The second-order valence-corrected chi connectivity index (χ2v) is 8.23. The van der Waals surface area contributed by atoms with E-state index in [4.69, 9.17) is 0 Å². The van der Waals surface area contributed by atoms with Gasteiger partial charge in [0.1, 0.15) is 0 Å². The minimum absolute atomic E-state index is 0.458. The Morgan fingerprint density at radius 3 is 2.27 bits per heavy atom. The third-order valence-electron chi connectivity index (χ3n) is 6.24. The normalized spacial score (nSPS) is 34.2. The monoisotopic (exact) mass is 306 g/mol. The van der Waals surface area contributed by atoms with Crippen molar-refractivity contribution in [3.8, 4) is 0 Å². The molecule has 0 aromatic carbocycles. The maximum absolute atomic E-state index is 13.0. The van der Waals surface area contributed by atoms with Crippen LogP contribution in [0.5, 0.6) is 0 Å². The average molecular weight is 306 g/mol. The molecule has 3 rings (SSSR count). The van der Waals surface area contributed by atoms with E-state index < -0.39 is 0 Å². The van der Waals surface area contributed by atoms with Crippen LogP contribution in [0.25, 0.3) is 0 Å². The predicted molar refractivity (Wildman–Crippen MR) is 90.7 cm³/mol. The summed E-state index contributed by atoms with van der Waals surface area (Å²) in [5, 5.41) is 3.50. The SMILES string of the molecule is CC1CCC(N(C(=O)CC(C)C2CCCNC2)C2CC2)CC1. The number of hydrogen-bond donors (Lipinski definition) is 1. The fourth-order valence-corrected chi connectivity index (χ4v) is 4.49. The van der Waals surface area contributed by atoms with Crippen molar-refractivity contribution in [2.75, 3.05) is 13.1 Å². The lowest BCUT2D eigenvalue weighted by Crippen LogP contribution is -2.45. The summed E-state index contributed by atoms with van der Waals surface area (Å²) in [5.74, 6) is 2.55. The number of amides is 1. The molecule has 3 aliphatic rings. The molecule has 22 heavy (non-hydrogen) atoms.